The minimum Gasteiger partial charge on any atom is -0.549 e. The molecule has 1 aliphatic rings. The zero-order valence-corrected chi connectivity index (χ0v) is 10.6. The first-order valence-electron chi connectivity index (χ1n) is 4.46. The van der Waals surface area contributed by atoms with Crippen LogP contribution in [0.4, 0.5) is 0 Å². The van der Waals surface area contributed by atoms with Crippen LogP contribution in [0.3, 0.4) is 0 Å². The molecule has 0 bridgehead atoms. The van der Waals surface area contributed by atoms with Gasteiger partial charge in [0, 0.05) is 12.8 Å². The molecular weight excluding hydrogens is 205 g/mol. The van der Waals surface area contributed by atoms with E-state index in [2.05, 4.69) is 4.98 Å². The van der Waals surface area contributed by atoms with Gasteiger partial charge in [-0.1, -0.05) is 6.07 Å². The molecule has 2 heterocycles. The zero-order chi connectivity index (χ0) is 10.0. The number of carbonyl (C=O) groups excluding carboxylic acids is 1. The molecule has 5 heteroatoms. The Labute approximate surface area is 110 Å². The molecule has 0 radical (unpaired) electrons. The van der Waals surface area contributed by atoms with Gasteiger partial charge in [0.05, 0.1) is 23.7 Å². The normalized spacial score (nSPS) is 24.5. The van der Waals surface area contributed by atoms with E-state index in [1.54, 1.807) is 24.4 Å². The van der Waals surface area contributed by atoms with Gasteiger partial charge >= 0.3 is 29.6 Å². The number of carboxylic acids is 1. The number of aliphatic carboxylic acids is 1. The van der Waals surface area contributed by atoms with E-state index in [1.165, 1.54) is 0 Å². The van der Waals surface area contributed by atoms with Crippen LogP contribution >= 0.6 is 0 Å². The SMILES string of the molecule is O=C([O-])C1(c2ccccn2)CCOC1.[Na+]. The predicted molar refractivity (Wildman–Crippen MR) is 46.4 cm³/mol. The summed E-state index contributed by atoms with van der Waals surface area (Å²) in [5, 5.41) is 11.1. The summed E-state index contributed by atoms with van der Waals surface area (Å²) in [6, 6.07) is 5.22. The number of rotatable bonds is 2. The monoisotopic (exact) mass is 215 g/mol. The van der Waals surface area contributed by atoms with Crippen LogP contribution in [0.15, 0.2) is 24.4 Å². The van der Waals surface area contributed by atoms with Crippen LogP contribution in [-0.4, -0.2) is 24.2 Å². The van der Waals surface area contributed by atoms with Crippen LogP contribution in [0.5, 0.6) is 0 Å². The molecule has 1 aromatic rings. The van der Waals surface area contributed by atoms with Gasteiger partial charge in [-0.2, -0.15) is 0 Å². The number of pyridine rings is 1. The summed E-state index contributed by atoms with van der Waals surface area (Å²) >= 11 is 0. The third-order valence-electron chi connectivity index (χ3n) is 2.57. The van der Waals surface area contributed by atoms with Crippen molar-refractivity contribution in [3.63, 3.8) is 0 Å². The maximum Gasteiger partial charge on any atom is 1.00 e. The van der Waals surface area contributed by atoms with Crippen molar-refractivity contribution < 1.29 is 44.2 Å². The van der Waals surface area contributed by atoms with Crippen LogP contribution in [0.25, 0.3) is 0 Å². The maximum absolute atomic E-state index is 11.1. The second-order valence-corrected chi connectivity index (χ2v) is 3.39. The van der Waals surface area contributed by atoms with E-state index in [-0.39, 0.29) is 36.2 Å². The molecule has 4 nitrogen and oxygen atoms in total. The van der Waals surface area contributed by atoms with Gasteiger partial charge in [0.25, 0.3) is 0 Å². The van der Waals surface area contributed by atoms with E-state index < -0.39 is 11.4 Å². The summed E-state index contributed by atoms with van der Waals surface area (Å²) in [5.74, 6) is -1.10. The molecule has 1 atom stereocenters. The Morgan fingerprint density at radius 2 is 2.33 bits per heavy atom. The Kier molecular flexibility index (Phi) is 4.28. The van der Waals surface area contributed by atoms with E-state index in [0.29, 0.717) is 18.7 Å². The van der Waals surface area contributed by atoms with Crippen molar-refractivity contribution in [1.82, 2.24) is 4.98 Å². The number of nitrogens with zero attached hydrogens (tertiary/aromatic N) is 1. The van der Waals surface area contributed by atoms with E-state index in [0.717, 1.165) is 0 Å². The molecule has 0 aliphatic carbocycles. The van der Waals surface area contributed by atoms with Gasteiger partial charge in [0.15, 0.2) is 0 Å². The quantitative estimate of drug-likeness (QED) is 0.480. The second-order valence-electron chi connectivity index (χ2n) is 3.39. The molecule has 1 fully saturated rings. The first-order valence-corrected chi connectivity index (χ1v) is 4.46. The maximum atomic E-state index is 11.1. The Hall–Kier alpha value is -0.420. The van der Waals surface area contributed by atoms with Crippen LogP contribution in [-0.2, 0) is 14.9 Å². The molecule has 0 spiro atoms. The second kappa shape index (κ2) is 5.07. The van der Waals surface area contributed by atoms with Crippen molar-refractivity contribution in [2.75, 3.05) is 13.2 Å². The van der Waals surface area contributed by atoms with Gasteiger partial charge in [-0.3, -0.25) is 4.98 Å². The fourth-order valence-corrected chi connectivity index (χ4v) is 1.68. The number of aromatic nitrogens is 1. The first kappa shape index (κ1) is 12.6. The van der Waals surface area contributed by atoms with Crippen molar-refractivity contribution in [2.24, 2.45) is 0 Å². The number of hydrogen-bond acceptors (Lipinski definition) is 4. The third-order valence-corrected chi connectivity index (χ3v) is 2.57. The van der Waals surface area contributed by atoms with E-state index in [4.69, 9.17) is 4.74 Å². The van der Waals surface area contributed by atoms with Crippen LogP contribution in [0.2, 0.25) is 0 Å². The topological polar surface area (TPSA) is 62.2 Å². The number of carbonyl (C=O) groups is 1. The fraction of sp³-hybridized carbons (Fsp3) is 0.400. The van der Waals surface area contributed by atoms with Gasteiger partial charge in [0.2, 0.25) is 0 Å². The molecule has 15 heavy (non-hydrogen) atoms. The van der Waals surface area contributed by atoms with Crippen LogP contribution < -0.4 is 34.7 Å². The summed E-state index contributed by atoms with van der Waals surface area (Å²) in [4.78, 5) is 15.1. The Morgan fingerprint density at radius 1 is 1.53 bits per heavy atom. The predicted octanol–water partition coefficient (Wildman–Crippen LogP) is -3.51. The number of ether oxygens (including phenoxy) is 1. The Morgan fingerprint density at radius 3 is 2.80 bits per heavy atom. The molecule has 1 aliphatic heterocycles. The van der Waals surface area contributed by atoms with Gasteiger partial charge in [-0.25, -0.2) is 0 Å². The van der Waals surface area contributed by atoms with Crippen molar-refractivity contribution >= 4 is 5.97 Å². The third kappa shape index (κ3) is 2.23. The molecule has 0 saturated carbocycles. The number of carboxylic acid groups (broad SMARTS) is 1. The van der Waals surface area contributed by atoms with Crippen molar-refractivity contribution in [3.8, 4) is 0 Å². The molecule has 2 rings (SSSR count). The minimum absolute atomic E-state index is 0. The fourth-order valence-electron chi connectivity index (χ4n) is 1.68. The average Bonchev–Trinajstić information content (AvgIpc) is 2.69. The molecule has 0 amide bonds. The molecule has 0 aromatic carbocycles. The summed E-state index contributed by atoms with van der Waals surface area (Å²) in [6.07, 6.45) is 2.02. The molecule has 0 N–H and O–H groups in total. The smallest absolute Gasteiger partial charge is 0.549 e. The summed E-state index contributed by atoms with van der Waals surface area (Å²) in [5.41, 5.74) is -0.515. The number of hydrogen-bond donors (Lipinski definition) is 0. The molecular formula is C10H10NNaO3. The average molecular weight is 215 g/mol. The van der Waals surface area contributed by atoms with E-state index in [9.17, 15) is 9.90 Å². The van der Waals surface area contributed by atoms with Gasteiger partial charge in [0.1, 0.15) is 0 Å². The Balaban J connectivity index is 0.00000112. The Bertz CT molecular complexity index is 336. The van der Waals surface area contributed by atoms with Gasteiger partial charge in [-0.15, -0.1) is 0 Å². The van der Waals surface area contributed by atoms with Gasteiger partial charge in [-0.05, 0) is 18.6 Å². The largest absolute Gasteiger partial charge is 1.00 e. The zero-order valence-electron chi connectivity index (χ0n) is 8.60. The molecule has 74 valence electrons. The standard InChI is InChI=1S/C10H11NO3.Na/c12-9(13)10(4-6-14-7-10)8-3-1-2-5-11-8;/h1-3,5H,4,6-7H2,(H,12,13);/q;+1/p-1. The van der Waals surface area contributed by atoms with Crippen LogP contribution in [0.1, 0.15) is 12.1 Å². The summed E-state index contributed by atoms with van der Waals surface area (Å²) in [6.45, 7) is 0.608. The molecule has 1 unspecified atom stereocenters. The van der Waals surface area contributed by atoms with Crippen LogP contribution in [0, 0.1) is 0 Å². The molecule has 1 saturated heterocycles. The molecule has 1 aromatic heterocycles. The first-order chi connectivity index (χ1) is 6.76. The minimum atomic E-state index is -1.10. The van der Waals surface area contributed by atoms with Crippen molar-refractivity contribution in [3.05, 3.63) is 30.1 Å². The van der Waals surface area contributed by atoms with Crippen molar-refractivity contribution in [2.45, 2.75) is 11.8 Å². The summed E-state index contributed by atoms with van der Waals surface area (Å²) < 4.78 is 5.12. The van der Waals surface area contributed by atoms with Gasteiger partial charge < -0.3 is 14.6 Å². The van der Waals surface area contributed by atoms with E-state index >= 15 is 0 Å². The van der Waals surface area contributed by atoms with Crippen molar-refractivity contribution in [1.29, 1.82) is 0 Å². The summed E-state index contributed by atoms with van der Waals surface area (Å²) in [7, 11) is 0. The van der Waals surface area contributed by atoms with E-state index in [1.807, 2.05) is 0 Å².